The molecule has 9 nitrogen and oxygen atoms in total. The van der Waals surface area contributed by atoms with Crippen molar-refractivity contribution in [2.24, 2.45) is 17.6 Å². The van der Waals surface area contributed by atoms with Crippen LogP contribution < -0.4 is 5.73 Å². The summed E-state index contributed by atoms with van der Waals surface area (Å²) in [6, 6.07) is 12.0. The van der Waals surface area contributed by atoms with Gasteiger partial charge in [0.15, 0.2) is 11.4 Å². The van der Waals surface area contributed by atoms with Crippen molar-refractivity contribution in [2.45, 2.75) is 44.3 Å². The van der Waals surface area contributed by atoms with Gasteiger partial charge < -0.3 is 31.3 Å². The van der Waals surface area contributed by atoms with E-state index in [1.807, 2.05) is 24.3 Å². The Kier molecular flexibility index (Phi) is 5.86. The molecule has 7 N–H and O–H groups in total. The zero-order chi connectivity index (χ0) is 28.6. The number of hydrogen-bond donors (Lipinski definition) is 6. The molecule has 9 heteroatoms. The van der Waals surface area contributed by atoms with E-state index >= 15 is 0 Å². The number of aliphatic hydroxyl groups is 4. The van der Waals surface area contributed by atoms with Crippen LogP contribution in [0.5, 0.6) is 5.75 Å². The van der Waals surface area contributed by atoms with Crippen molar-refractivity contribution in [3.8, 4) is 5.75 Å². The SMILES string of the molecule is CC(C)(C)c1ccc(/C=C2\c3cccc(O)c3C(=O)C3=C(O)C4(O)C(=O)C(C(N)=O)=C(O)C[C@@H]4[C@@H](O)[C@@H]32)cc1. The van der Waals surface area contributed by atoms with E-state index < -0.39 is 70.1 Å². The summed E-state index contributed by atoms with van der Waals surface area (Å²) in [4.78, 5) is 38.8. The van der Waals surface area contributed by atoms with Gasteiger partial charge in [-0.25, -0.2) is 0 Å². The van der Waals surface area contributed by atoms with E-state index in [-0.39, 0.29) is 16.7 Å². The second kappa shape index (κ2) is 8.65. The minimum absolute atomic E-state index is 0.0974. The predicted octanol–water partition coefficient (Wildman–Crippen LogP) is 2.85. The maximum Gasteiger partial charge on any atom is 0.255 e. The van der Waals surface area contributed by atoms with Gasteiger partial charge in [0.05, 0.1) is 17.2 Å². The second-order valence-corrected chi connectivity index (χ2v) is 11.3. The number of rotatable bonds is 2. The third kappa shape index (κ3) is 3.72. The first-order valence-corrected chi connectivity index (χ1v) is 12.5. The third-order valence-corrected chi connectivity index (χ3v) is 8.00. The molecular weight excluding hydrogens is 502 g/mol. The van der Waals surface area contributed by atoms with E-state index in [2.05, 4.69) is 20.8 Å². The number of nitrogens with two attached hydrogens (primary N) is 1. The lowest BCUT2D eigenvalue weighted by Crippen LogP contribution is -2.62. The van der Waals surface area contributed by atoms with Crippen molar-refractivity contribution in [1.29, 1.82) is 0 Å². The monoisotopic (exact) mass is 531 g/mol. The van der Waals surface area contributed by atoms with E-state index in [4.69, 9.17) is 5.73 Å². The van der Waals surface area contributed by atoms with Gasteiger partial charge in [0.25, 0.3) is 5.91 Å². The first-order chi connectivity index (χ1) is 18.2. The Morgan fingerprint density at radius 3 is 2.28 bits per heavy atom. The van der Waals surface area contributed by atoms with Crippen LogP contribution in [0.4, 0.5) is 0 Å². The Hall–Kier alpha value is -4.21. The average molecular weight is 532 g/mol. The van der Waals surface area contributed by atoms with Crippen LogP contribution in [0.25, 0.3) is 11.6 Å². The number of amides is 1. The number of phenolic OH excluding ortho intramolecular Hbond substituents is 1. The lowest BCUT2D eigenvalue weighted by Gasteiger charge is -2.49. The average Bonchev–Trinajstić information content (AvgIpc) is 2.85. The molecule has 0 saturated heterocycles. The van der Waals surface area contributed by atoms with Crippen molar-refractivity contribution in [2.75, 3.05) is 0 Å². The minimum atomic E-state index is -2.89. The van der Waals surface area contributed by atoms with E-state index in [1.54, 1.807) is 12.1 Å². The number of aliphatic hydroxyl groups excluding tert-OH is 3. The third-order valence-electron chi connectivity index (χ3n) is 8.00. The number of phenols is 1. The molecule has 0 bridgehead atoms. The maximum atomic E-state index is 13.7. The standard InChI is InChI=1S/C30H29NO8/c1-29(2,3)14-9-7-13(8-10-14)11-16-15-5-4-6-18(32)20(15)25(35)23-21(16)24(34)17-12-19(33)22(28(31)38)26(36)30(17,39)27(23)37/h4-11,17,21,24,32-34,37,39H,12H2,1-3H3,(H2,31,38)/b16-11+/t17-,21-,24-,30?/m1/s1. The zero-order valence-corrected chi connectivity index (χ0v) is 21.6. The van der Waals surface area contributed by atoms with Crippen molar-refractivity contribution in [1.82, 2.24) is 0 Å². The molecule has 5 rings (SSSR count). The first kappa shape index (κ1) is 26.4. The highest BCUT2D eigenvalue weighted by Crippen LogP contribution is 2.55. The molecule has 3 aliphatic rings. The number of aromatic hydroxyl groups is 1. The molecule has 1 unspecified atom stereocenters. The Morgan fingerprint density at radius 1 is 1.05 bits per heavy atom. The molecule has 0 aromatic heterocycles. The summed E-state index contributed by atoms with van der Waals surface area (Å²) in [7, 11) is 0. The van der Waals surface area contributed by atoms with Gasteiger partial charge in [-0.05, 0) is 33.7 Å². The molecule has 2 aromatic rings. The molecule has 202 valence electrons. The number of carbonyl (C=O) groups excluding carboxylic acids is 3. The van der Waals surface area contributed by atoms with Gasteiger partial charge in [0.1, 0.15) is 22.8 Å². The molecule has 0 saturated carbocycles. The fourth-order valence-electron chi connectivity index (χ4n) is 5.95. The molecule has 0 aliphatic heterocycles. The van der Waals surface area contributed by atoms with Crippen LogP contribution in [0.15, 0.2) is 65.1 Å². The van der Waals surface area contributed by atoms with Crippen molar-refractivity contribution >= 4 is 29.1 Å². The lowest BCUT2D eigenvalue weighted by atomic mass is 9.57. The van der Waals surface area contributed by atoms with Crippen molar-refractivity contribution < 1.29 is 39.9 Å². The van der Waals surface area contributed by atoms with Gasteiger partial charge in [-0.3, -0.25) is 14.4 Å². The largest absolute Gasteiger partial charge is 0.511 e. The number of ketones is 2. The summed E-state index contributed by atoms with van der Waals surface area (Å²) in [6.45, 7) is 6.22. The fraction of sp³-hybridized carbons (Fsp3) is 0.300. The van der Waals surface area contributed by atoms with Crippen LogP contribution in [0, 0.1) is 11.8 Å². The number of allylic oxidation sites excluding steroid dienone is 1. The maximum absolute atomic E-state index is 13.7. The van der Waals surface area contributed by atoms with Gasteiger partial charge in [-0.2, -0.15) is 0 Å². The first-order valence-electron chi connectivity index (χ1n) is 12.5. The summed E-state index contributed by atoms with van der Waals surface area (Å²) >= 11 is 0. The number of fused-ring (bicyclic) bond motifs is 3. The van der Waals surface area contributed by atoms with Crippen LogP contribution in [0.3, 0.4) is 0 Å². The molecule has 4 atom stereocenters. The van der Waals surface area contributed by atoms with Crippen molar-refractivity contribution in [3.05, 3.63) is 87.4 Å². The highest BCUT2D eigenvalue weighted by molar-refractivity contribution is 6.25. The summed E-state index contributed by atoms with van der Waals surface area (Å²) in [6.07, 6.45) is -0.497. The number of benzene rings is 2. The van der Waals surface area contributed by atoms with Gasteiger partial charge >= 0.3 is 0 Å². The highest BCUT2D eigenvalue weighted by atomic mass is 16.4. The summed E-state index contributed by atoms with van der Waals surface area (Å²) in [5.74, 6) is -8.51. The molecule has 0 spiro atoms. The molecule has 3 aliphatic carbocycles. The molecule has 2 aromatic carbocycles. The lowest BCUT2D eigenvalue weighted by molar-refractivity contribution is -0.152. The highest BCUT2D eigenvalue weighted by Gasteiger charge is 2.63. The molecule has 1 amide bonds. The molecule has 0 heterocycles. The van der Waals surface area contributed by atoms with Crippen LogP contribution >= 0.6 is 0 Å². The van der Waals surface area contributed by atoms with Crippen LogP contribution in [-0.2, 0) is 15.0 Å². The molecule has 0 radical (unpaired) electrons. The van der Waals surface area contributed by atoms with E-state index in [9.17, 15) is 39.9 Å². The quantitative estimate of drug-likeness (QED) is 0.320. The Bertz CT molecular complexity index is 1540. The minimum Gasteiger partial charge on any atom is -0.511 e. The summed E-state index contributed by atoms with van der Waals surface area (Å²) in [5.41, 5.74) is 3.14. The number of hydrogen-bond acceptors (Lipinski definition) is 8. The Balaban J connectivity index is 1.77. The topological polar surface area (TPSA) is 178 Å². The Labute approximate surface area is 224 Å². The smallest absolute Gasteiger partial charge is 0.255 e. The number of Topliss-reactive ketones (excluding diaryl/α,β-unsaturated/α-hetero) is 2. The van der Waals surface area contributed by atoms with Gasteiger partial charge in [0.2, 0.25) is 5.78 Å². The normalized spacial score (nSPS) is 27.8. The molecular formula is C30H29NO8. The van der Waals surface area contributed by atoms with E-state index in [1.165, 1.54) is 12.1 Å². The molecule has 0 fully saturated rings. The van der Waals surface area contributed by atoms with Gasteiger partial charge in [0, 0.05) is 18.3 Å². The second-order valence-electron chi connectivity index (χ2n) is 11.3. The Morgan fingerprint density at radius 2 is 1.69 bits per heavy atom. The van der Waals surface area contributed by atoms with Gasteiger partial charge in [-0.1, -0.05) is 63.2 Å². The van der Waals surface area contributed by atoms with Crippen LogP contribution in [0.2, 0.25) is 0 Å². The summed E-state index contributed by atoms with van der Waals surface area (Å²) in [5, 5.41) is 55.5. The predicted molar refractivity (Wildman–Crippen MR) is 142 cm³/mol. The van der Waals surface area contributed by atoms with Crippen LogP contribution in [-0.4, -0.2) is 54.7 Å². The number of primary amides is 1. The fourth-order valence-corrected chi connectivity index (χ4v) is 5.95. The van der Waals surface area contributed by atoms with Gasteiger partial charge in [-0.15, -0.1) is 0 Å². The van der Waals surface area contributed by atoms with Crippen molar-refractivity contribution in [3.63, 3.8) is 0 Å². The van der Waals surface area contributed by atoms with E-state index in [0.29, 0.717) is 16.7 Å². The number of carbonyl (C=O) groups is 3. The van der Waals surface area contributed by atoms with E-state index in [0.717, 1.165) is 5.56 Å². The summed E-state index contributed by atoms with van der Waals surface area (Å²) < 4.78 is 0. The van der Waals surface area contributed by atoms with Crippen LogP contribution in [0.1, 0.15) is 54.2 Å². The molecule has 39 heavy (non-hydrogen) atoms. The zero-order valence-electron chi connectivity index (χ0n) is 21.6.